The highest BCUT2D eigenvalue weighted by Gasteiger charge is 2.18. The van der Waals surface area contributed by atoms with E-state index in [9.17, 15) is 0 Å². The molecule has 1 N–H and O–H groups in total. The number of hydrogen-bond donors (Lipinski definition) is 1. The predicted octanol–water partition coefficient (Wildman–Crippen LogP) is 2.35. The molecule has 0 radical (unpaired) electrons. The third kappa shape index (κ3) is 2.59. The van der Waals surface area contributed by atoms with Crippen LogP contribution in [-0.4, -0.2) is 16.3 Å². The molecule has 15 heavy (non-hydrogen) atoms. The Morgan fingerprint density at radius 1 is 1.60 bits per heavy atom. The van der Waals surface area contributed by atoms with E-state index in [4.69, 9.17) is 0 Å². The minimum atomic E-state index is 0.436. The van der Waals surface area contributed by atoms with Crippen molar-refractivity contribution < 1.29 is 0 Å². The van der Waals surface area contributed by atoms with E-state index in [2.05, 4.69) is 30.5 Å². The Balaban J connectivity index is 1.80. The average Bonchev–Trinajstić information content (AvgIpc) is 2.63. The number of aryl methyl sites for hydroxylation is 1. The third-order valence-electron chi connectivity index (χ3n) is 3.41. The van der Waals surface area contributed by atoms with Crippen LogP contribution in [0.5, 0.6) is 0 Å². The zero-order valence-corrected chi connectivity index (χ0v) is 9.74. The van der Waals surface area contributed by atoms with Crippen LogP contribution in [0.15, 0.2) is 12.4 Å². The number of nitrogens with one attached hydrogen (secondary N) is 1. The van der Waals surface area contributed by atoms with Crippen molar-refractivity contribution in [2.24, 2.45) is 5.92 Å². The van der Waals surface area contributed by atoms with E-state index in [0.717, 1.165) is 12.5 Å². The van der Waals surface area contributed by atoms with E-state index >= 15 is 0 Å². The Morgan fingerprint density at radius 3 is 2.93 bits per heavy atom. The van der Waals surface area contributed by atoms with Gasteiger partial charge >= 0.3 is 0 Å². The van der Waals surface area contributed by atoms with Gasteiger partial charge in [-0.25, -0.2) is 0 Å². The molecule has 0 spiro atoms. The van der Waals surface area contributed by atoms with Gasteiger partial charge in [-0.05, 0) is 39.2 Å². The third-order valence-corrected chi connectivity index (χ3v) is 3.41. The molecule has 3 nitrogen and oxygen atoms in total. The maximum Gasteiger partial charge on any atom is 0.0537 e. The molecule has 0 aliphatic heterocycles. The molecule has 0 aromatic carbocycles. The summed E-state index contributed by atoms with van der Waals surface area (Å²) in [6.07, 6.45) is 8.36. The molecule has 84 valence electrons. The van der Waals surface area contributed by atoms with Gasteiger partial charge in [0.05, 0.1) is 6.20 Å². The lowest BCUT2D eigenvalue weighted by atomic mass is 9.85. The Bertz CT molecular complexity index is 302. The minimum Gasteiger partial charge on any atom is -0.310 e. The van der Waals surface area contributed by atoms with Crippen molar-refractivity contribution in [1.29, 1.82) is 0 Å². The average molecular weight is 207 g/mol. The number of rotatable bonds is 5. The molecule has 0 saturated heterocycles. The monoisotopic (exact) mass is 207 g/mol. The first-order valence-corrected chi connectivity index (χ1v) is 6.05. The van der Waals surface area contributed by atoms with Gasteiger partial charge in [0.15, 0.2) is 0 Å². The molecule has 1 aliphatic rings. The van der Waals surface area contributed by atoms with Crippen LogP contribution in [0.4, 0.5) is 0 Å². The SMILES string of the molecule is CCn1cc(C(C)NCC2CCC2)cn1. The maximum absolute atomic E-state index is 4.29. The number of nitrogens with zero attached hydrogens (tertiary/aromatic N) is 2. The van der Waals surface area contributed by atoms with Crippen molar-refractivity contribution in [2.45, 2.75) is 45.7 Å². The number of aromatic nitrogens is 2. The van der Waals surface area contributed by atoms with Crippen molar-refractivity contribution in [2.75, 3.05) is 6.54 Å². The summed E-state index contributed by atoms with van der Waals surface area (Å²) >= 11 is 0. The van der Waals surface area contributed by atoms with Crippen LogP contribution >= 0.6 is 0 Å². The van der Waals surface area contributed by atoms with Gasteiger partial charge in [-0.3, -0.25) is 4.68 Å². The van der Waals surface area contributed by atoms with Crippen LogP contribution in [0.25, 0.3) is 0 Å². The van der Waals surface area contributed by atoms with Crippen molar-refractivity contribution in [1.82, 2.24) is 15.1 Å². The van der Waals surface area contributed by atoms with Gasteiger partial charge in [0.25, 0.3) is 0 Å². The Hall–Kier alpha value is -0.830. The molecule has 1 saturated carbocycles. The van der Waals surface area contributed by atoms with E-state index in [1.807, 2.05) is 10.9 Å². The van der Waals surface area contributed by atoms with Gasteiger partial charge in [0, 0.05) is 24.3 Å². The molecule has 0 bridgehead atoms. The summed E-state index contributed by atoms with van der Waals surface area (Å²) in [6, 6.07) is 0.436. The summed E-state index contributed by atoms with van der Waals surface area (Å²) in [5.74, 6) is 0.925. The van der Waals surface area contributed by atoms with Gasteiger partial charge in [0.1, 0.15) is 0 Å². The van der Waals surface area contributed by atoms with E-state index in [1.54, 1.807) is 0 Å². The van der Waals surface area contributed by atoms with Crippen LogP contribution in [-0.2, 0) is 6.54 Å². The first-order valence-electron chi connectivity index (χ1n) is 6.05. The summed E-state index contributed by atoms with van der Waals surface area (Å²) in [5, 5.41) is 7.88. The summed E-state index contributed by atoms with van der Waals surface area (Å²) in [7, 11) is 0. The number of hydrogen-bond acceptors (Lipinski definition) is 2. The second-order valence-corrected chi connectivity index (χ2v) is 4.56. The van der Waals surface area contributed by atoms with Gasteiger partial charge in [0.2, 0.25) is 0 Å². The maximum atomic E-state index is 4.29. The zero-order valence-electron chi connectivity index (χ0n) is 9.74. The Labute approximate surface area is 91.9 Å². The molecule has 1 aromatic heterocycles. The molecule has 1 fully saturated rings. The normalized spacial score (nSPS) is 18.8. The lowest BCUT2D eigenvalue weighted by Gasteiger charge is -2.27. The fraction of sp³-hybridized carbons (Fsp3) is 0.750. The molecular formula is C12H21N3. The standard InChI is InChI=1S/C12H21N3/c1-3-15-9-12(8-14-15)10(2)13-7-11-5-4-6-11/h8-11,13H,3-7H2,1-2H3. The first-order chi connectivity index (χ1) is 7.29. The van der Waals surface area contributed by atoms with Crippen LogP contribution in [0.3, 0.4) is 0 Å². The molecular weight excluding hydrogens is 186 g/mol. The van der Waals surface area contributed by atoms with Gasteiger partial charge in [-0.15, -0.1) is 0 Å². The molecule has 1 atom stereocenters. The highest BCUT2D eigenvalue weighted by molar-refractivity contribution is 5.09. The molecule has 1 aromatic rings. The highest BCUT2D eigenvalue weighted by Crippen LogP contribution is 2.26. The Morgan fingerprint density at radius 2 is 2.40 bits per heavy atom. The highest BCUT2D eigenvalue weighted by atomic mass is 15.3. The topological polar surface area (TPSA) is 29.9 Å². The fourth-order valence-electron chi connectivity index (χ4n) is 1.93. The second-order valence-electron chi connectivity index (χ2n) is 4.56. The largest absolute Gasteiger partial charge is 0.310 e. The van der Waals surface area contributed by atoms with E-state index in [-0.39, 0.29) is 0 Å². The molecule has 3 heteroatoms. The Kier molecular flexibility index (Phi) is 3.41. The van der Waals surface area contributed by atoms with Crippen LogP contribution < -0.4 is 5.32 Å². The molecule has 2 rings (SSSR count). The lowest BCUT2D eigenvalue weighted by molar-refractivity contribution is 0.292. The quantitative estimate of drug-likeness (QED) is 0.803. The first kappa shape index (κ1) is 10.7. The zero-order chi connectivity index (χ0) is 10.7. The van der Waals surface area contributed by atoms with E-state index < -0.39 is 0 Å². The second kappa shape index (κ2) is 4.79. The predicted molar refractivity (Wildman–Crippen MR) is 61.7 cm³/mol. The van der Waals surface area contributed by atoms with Crippen molar-refractivity contribution in [3.63, 3.8) is 0 Å². The van der Waals surface area contributed by atoms with Crippen molar-refractivity contribution in [3.8, 4) is 0 Å². The molecule has 0 amide bonds. The van der Waals surface area contributed by atoms with Crippen LogP contribution in [0, 0.1) is 5.92 Å². The van der Waals surface area contributed by atoms with Gasteiger partial charge < -0.3 is 5.32 Å². The molecule has 1 heterocycles. The summed E-state index contributed by atoms with van der Waals surface area (Å²) in [5.41, 5.74) is 1.30. The molecule has 1 aliphatic carbocycles. The van der Waals surface area contributed by atoms with Gasteiger partial charge in [-0.2, -0.15) is 5.10 Å². The molecule has 1 unspecified atom stereocenters. The minimum absolute atomic E-state index is 0.436. The van der Waals surface area contributed by atoms with E-state index in [1.165, 1.54) is 31.4 Å². The van der Waals surface area contributed by atoms with Crippen LogP contribution in [0.2, 0.25) is 0 Å². The van der Waals surface area contributed by atoms with Gasteiger partial charge in [-0.1, -0.05) is 6.42 Å². The van der Waals surface area contributed by atoms with Crippen LogP contribution in [0.1, 0.15) is 44.7 Å². The van der Waals surface area contributed by atoms with Crippen molar-refractivity contribution >= 4 is 0 Å². The smallest absolute Gasteiger partial charge is 0.0537 e. The lowest BCUT2D eigenvalue weighted by Crippen LogP contribution is -2.29. The van der Waals surface area contributed by atoms with E-state index in [0.29, 0.717) is 6.04 Å². The summed E-state index contributed by atoms with van der Waals surface area (Å²) < 4.78 is 1.98. The summed E-state index contributed by atoms with van der Waals surface area (Å²) in [4.78, 5) is 0. The fourth-order valence-corrected chi connectivity index (χ4v) is 1.93. The summed E-state index contributed by atoms with van der Waals surface area (Å²) in [6.45, 7) is 6.45. The van der Waals surface area contributed by atoms with Crippen molar-refractivity contribution in [3.05, 3.63) is 18.0 Å².